The smallest absolute Gasteiger partial charge is 0.328 e. The maximum absolute atomic E-state index is 12.8. The van der Waals surface area contributed by atoms with Gasteiger partial charge in [-0.25, -0.2) is 19.7 Å². The summed E-state index contributed by atoms with van der Waals surface area (Å²) in [7, 11) is 0. The number of hydrogen-bond donors (Lipinski definition) is 3. The molecule has 4 aromatic rings. The van der Waals surface area contributed by atoms with E-state index in [0.717, 1.165) is 43.3 Å². The maximum Gasteiger partial charge on any atom is 0.328 e. The number of thiazole rings is 1. The van der Waals surface area contributed by atoms with Crippen molar-refractivity contribution in [2.45, 2.75) is 26.8 Å². The third-order valence-corrected chi connectivity index (χ3v) is 8.73. The van der Waals surface area contributed by atoms with Crippen LogP contribution in [0.15, 0.2) is 48.8 Å². The van der Waals surface area contributed by atoms with Gasteiger partial charge in [-0.05, 0) is 37.6 Å². The average molecular weight is 647 g/mol. The van der Waals surface area contributed by atoms with E-state index in [-0.39, 0.29) is 18.2 Å². The summed E-state index contributed by atoms with van der Waals surface area (Å²) in [6, 6.07) is 10.7. The van der Waals surface area contributed by atoms with Crippen LogP contribution >= 0.6 is 22.9 Å². The number of aryl methyl sites for hydroxylation is 2. The lowest BCUT2D eigenvalue weighted by Crippen LogP contribution is -2.49. The first-order chi connectivity index (χ1) is 21.7. The zero-order valence-electron chi connectivity index (χ0n) is 24.7. The molecule has 0 saturated carbocycles. The van der Waals surface area contributed by atoms with Crippen LogP contribution in [0, 0.1) is 13.8 Å². The first-order valence-electron chi connectivity index (χ1n) is 14.4. The fraction of sp³-hybridized carbons (Fsp3) is 0.300. The molecule has 0 unspecified atom stereocenters. The molecule has 2 saturated heterocycles. The molecule has 5 heterocycles. The van der Waals surface area contributed by atoms with Gasteiger partial charge >= 0.3 is 6.03 Å². The molecular formula is C30H31ClN10O3S. The Kier molecular flexibility index (Phi) is 8.87. The number of benzene rings is 1. The SMILES string of the molecule is Cc1nc(Nc2ncc(C(=O)Nc3c(C)cccc3Cl)s2)cc(N2CCN(Cc3ccc(N4CCC(=O)NC4=O)cn3)CC2)n1. The number of nitrogens with zero attached hydrogens (tertiary/aromatic N) is 7. The minimum absolute atomic E-state index is 0.259. The number of amides is 4. The van der Waals surface area contributed by atoms with Gasteiger partial charge in [0.1, 0.15) is 22.3 Å². The highest BCUT2D eigenvalue weighted by molar-refractivity contribution is 7.17. The Hall–Kier alpha value is -4.66. The lowest BCUT2D eigenvalue weighted by Gasteiger charge is -2.35. The molecule has 15 heteroatoms. The van der Waals surface area contributed by atoms with Crippen molar-refractivity contribution in [3.63, 3.8) is 0 Å². The van der Waals surface area contributed by atoms with E-state index in [4.69, 9.17) is 11.6 Å². The number of halogens is 1. The first-order valence-corrected chi connectivity index (χ1v) is 15.6. The predicted octanol–water partition coefficient (Wildman–Crippen LogP) is 4.36. The molecule has 2 fully saturated rings. The maximum atomic E-state index is 12.8. The van der Waals surface area contributed by atoms with Crippen molar-refractivity contribution in [3.05, 3.63) is 75.8 Å². The molecule has 0 spiro atoms. The number of aromatic nitrogens is 4. The Bertz CT molecular complexity index is 1720. The number of hydrogen-bond acceptors (Lipinski definition) is 11. The van der Waals surface area contributed by atoms with Crippen LogP contribution in [0.1, 0.15) is 33.2 Å². The van der Waals surface area contributed by atoms with Gasteiger partial charge in [0.25, 0.3) is 5.91 Å². The third-order valence-electron chi connectivity index (χ3n) is 7.51. The van der Waals surface area contributed by atoms with Crippen LogP contribution in [0.2, 0.25) is 5.02 Å². The largest absolute Gasteiger partial charge is 0.354 e. The van der Waals surface area contributed by atoms with Crippen LogP contribution in [0.25, 0.3) is 0 Å². The number of para-hydroxylation sites is 1. The summed E-state index contributed by atoms with van der Waals surface area (Å²) in [6.07, 6.45) is 3.48. The number of anilines is 5. The Balaban J connectivity index is 1.03. The molecule has 2 aliphatic heterocycles. The van der Waals surface area contributed by atoms with E-state index < -0.39 is 6.03 Å². The molecule has 0 aliphatic carbocycles. The van der Waals surface area contributed by atoms with E-state index in [1.54, 1.807) is 12.3 Å². The second-order valence-corrected chi connectivity index (χ2v) is 12.2. The van der Waals surface area contributed by atoms with Gasteiger partial charge in [0.05, 0.1) is 34.5 Å². The van der Waals surface area contributed by atoms with Gasteiger partial charge < -0.3 is 15.5 Å². The highest BCUT2D eigenvalue weighted by Gasteiger charge is 2.25. The van der Waals surface area contributed by atoms with Crippen LogP contribution in [-0.4, -0.2) is 75.4 Å². The van der Waals surface area contributed by atoms with E-state index in [0.29, 0.717) is 51.1 Å². The van der Waals surface area contributed by atoms with Crippen LogP contribution in [0.5, 0.6) is 0 Å². The molecule has 232 valence electrons. The molecule has 4 amide bonds. The first kappa shape index (κ1) is 30.4. The van der Waals surface area contributed by atoms with Crippen LogP contribution in [0.3, 0.4) is 0 Å². The van der Waals surface area contributed by atoms with E-state index in [9.17, 15) is 14.4 Å². The monoisotopic (exact) mass is 646 g/mol. The molecule has 3 N–H and O–H groups in total. The van der Waals surface area contributed by atoms with E-state index in [2.05, 4.69) is 45.7 Å². The van der Waals surface area contributed by atoms with Crippen molar-refractivity contribution in [2.24, 2.45) is 0 Å². The van der Waals surface area contributed by atoms with Crippen molar-refractivity contribution in [3.8, 4) is 0 Å². The highest BCUT2D eigenvalue weighted by atomic mass is 35.5. The Morgan fingerprint density at radius 2 is 1.84 bits per heavy atom. The van der Waals surface area contributed by atoms with Gasteiger partial charge in [0, 0.05) is 51.8 Å². The molecule has 13 nitrogen and oxygen atoms in total. The molecule has 0 radical (unpaired) electrons. The number of nitrogens with one attached hydrogen (secondary N) is 3. The summed E-state index contributed by atoms with van der Waals surface area (Å²) in [4.78, 5) is 61.0. The fourth-order valence-corrected chi connectivity index (χ4v) is 6.12. The third kappa shape index (κ3) is 7.19. The second-order valence-electron chi connectivity index (χ2n) is 10.7. The number of urea groups is 1. The number of imide groups is 1. The number of carbonyl (C=O) groups excluding carboxylic acids is 3. The molecule has 0 atom stereocenters. The average Bonchev–Trinajstić information content (AvgIpc) is 3.48. The normalized spacial score (nSPS) is 15.6. The lowest BCUT2D eigenvalue weighted by atomic mass is 10.2. The van der Waals surface area contributed by atoms with Crippen molar-refractivity contribution in [1.82, 2.24) is 30.2 Å². The Labute approximate surface area is 268 Å². The van der Waals surface area contributed by atoms with Gasteiger partial charge in [-0.3, -0.25) is 29.7 Å². The fourth-order valence-electron chi connectivity index (χ4n) is 5.13. The van der Waals surface area contributed by atoms with Crippen molar-refractivity contribution in [1.29, 1.82) is 0 Å². The van der Waals surface area contributed by atoms with Gasteiger partial charge in [-0.2, -0.15) is 0 Å². The second kappa shape index (κ2) is 13.1. The van der Waals surface area contributed by atoms with Gasteiger partial charge in [0.15, 0.2) is 5.13 Å². The summed E-state index contributed by atoms with van der Waals surface area (Å²) in [5.41, 5.74) is 3.03. The number of carbonyl (C=O) groups is 3. The summed E-state index contributed by atoms with van der Waals surface area (Å²) in [5, 5.41) is 9.45. The molecule has 6 rings (SSSR count). The van der Waals surface area contributed by atoms with E-state index in [1.165, 1.54) is 22.4 Å². The molecule has 3 aromatic heterocycles. The lowest BCUT2D eigenvalue weighted by molar-refractivity contribution is -0.120. The minimum Gasteiger partial charge on any atom is -0.354 e. The number of pyridine rings is 1. The van der Waals surface area contributed by atoms with Crippen LogP contribution < -0.4 is 25.8 Å². The quantitative estimate of drug-likeness (QED) is 0.252. The van der Waals surface area contributed by atoms with Gasteiger partial charge in [-0.15, -0.1) is 0 Å². The Morgan fingerprint density at radius 3 is 2.58 bits per heavy atom. The number of rotatable bonds is 8. The van der Waals surface area contributed by atoms with Crippen molar-refractivity contribution in [2.75, 3.05) is 53.2 Å². The van der Waals surface area contributed by atoms with Crippen molar-refractivity contribution >= 4 is 68.9 Å². The van der Waals surface area contributed by atoms with Gasteiger partial charge in [0.2, 0.25) is 5.91 Å². The summed E-state index contributed by atoms with van der Waals surface area (Å²) in [5.74, 6) is 1.49. The number of piperazine rings is 1. The zero-order valence-corrected chi connectivity index (χ0v) is 26.3. The van der Waals surface area contributed by atoms with Crippen LogP contribution in [0.4, 0.5) is 32.9 Å². The van der Waals surface area contributed by atoms with Crippen LogP contribution in [-0.2, 0) is 11.3 Å². The topological polar surface area (TPSA) is 149 Å². The summed E-state index contributed by atoms with van der Waals surface area (Å²) in [6.45, 7) is 7.96. The van der Waals surface area contributed by atoms with Gasteiger partial charge in [-0.1, -0.05) is 35.1 Å². The van der Waals surface area contributed by atoms with E-state index >= 15 is 0 Å². The standard InChI is InChI=1S/C30H31ClN10O3S/c1-18-4-3-5-22(31)27(18)38-28(43)23-16-33-29(45-23)36-24-14-25(35-19(2)34-24)40-12-10-39(11-13-40)17-20-6-7-21(15-32-20)41-9-8-26(42)37-30(41)44/h3-7,14-16H,8-13,17H2,1-2H3,(H,38,43)(H,37,42,44)(H,33,34,35,36). The zero-order chi connectivity index (χ0) is 31.5. The molecular weight excluding hydrogens is 616 g/mol. The highest BCUT2D eigenvalue weighted by Crippen LogP contribution is 2.28. The summed E-state index contributed by atoms with van der Waals surface area (Å²) < 4.78 is 0. The van der Waals surface area contributed by atoms with Crippen molar-refractivity contribution < 1.29 is 14.4 Å². The summed E-state index contributed by atoms with van der Waals surface area (Å²) >= 11 is 7.49. The minimum atomic E-state index is -0.418. The van der Waals surface area contributed by atoms with E-state index in [1.807, 2.05) is 44.2 Å². The molecule has 0 bridgehead atoms. The predicted molar refractivity (Wildman–Crippen MR) is 174 cm³/mol. The molecule has 45 heavy (non-hydrogen) atoms. The Morgan fingerprint density at radius 1 is 1.02 bits per heavy atom. The molecule has 2 aliphatic rings. The molecule has 1 aromatic carbocycles.